The SMILES string of the molecule is CCCCCC[C@H]1C(=O)N[C@@]2([C@@H](OC(C)=O)C3C=CCCC3)C(=O)O[C@@]12C. The maximum Gasteiger partial charge on any atom is 0.340 e. The first-order valence-electron chi connectivity index (χ1n) is 10.3. The van der Waals surface area contributed by atoms with Crippen LogP contribution in [0, 0.1) is 11.8 Å². The highest BCUT2D eigenvalue weighted by Crippen LogP contribution is 2.54. The predicted octanol–water partition coefficient (Wildman–Crippen LogP) is 3.05. The number of esters is 2. The molecule has 0 radical (unpaired) electrons. The fourth-order valence-electron chi connectivity index (χ4n) is 4.98. The number of hydrogen-bond donors (Lipinski definition) is 1. The molecule has 1 N–H and O–H groups in total. The van der Waals surface area contributed by atoms with Gasteiger partial charge in [0.1, 0.15) is 6.10 Å². The second-order valence-electron chi connectivity index (χ2n) is 8.25. The first-order chi connectivity index (χ1) is 12.9. The van der Waals surface area contributed by atoms with Crippen molar-refractivity contribution in [1.82, 2.24) is 5.32 Å². The van der Waals surface area contributed by atoms with Gasteiger partial charge in [0.05, 0.1) is 5.92 Å². The number of carbonyl (C=O) groups excluding carboxylic acids is 3. The van der Waals surface area contributed by atoms with Gasteiger partial charge in [-0.15, -0.1) is 0 Å². The Morgan fingerprint density at radius 3 is 2.74 bits per heavy atom. The van der Waals surface area contributed by atoms with Crippen LogP contribution in [0.3, 0.4) is 0 Å². The molecule has 150 valence electrons. The van der Waals surface area contributed by atoms with E-state index in [1.54, 1.807) is 0 Å². The molecule has 0 aromatic rings. The molecule has 0 aromatic carbocycles. The minimum Gasteiger partial charge on any atom is -0.459 e. The Morgan fingerprint density at radius 2 is 2.15 bits per heavy atom. The molecule has 1 unspecified atom stereocenters. The summed E-state index contributed by atoms with van der Waals surface area (Å²) in [6, 6.07) is 0. The number of fused-ring (bicyclic) bond motifs is 1. The Labute approximate surface area is 161 Å². The number of amides is 1. The second kappa shape index (κ2) is 7.64. The van der Waals surface area contributed by atoms with E-state index in [0.717, 1.165) is 44.9 Å². The summed E-state index contributed by atoms with van der Waals surface area (Å²) in [5, 5.41) is 2.93. The van der Waals surface area contributed by atoms with E-state index in [-0.39, 0.29) is 11.8 Å². The van der Waals surface area contributed by atoms with Crippen LogP contribution in [-0.2, 0) is 23.9 Å². The number of ether oxygens (including phenoxy) is 2. The molecule has 1 aliphatic carbocycles. The van der Waals surface area contributed by atoms with E-state index >= 15 is 0 Å². The van der Waals surface area contributed by atoms with Crippen LogP contribution >= 0.6 is 0 Å². The normalized spacial score (nSPS) is 35.7. The molecule has 0 spiro atoms. The van der Waals surface area contributed by atoms with Crippen molar-refractivity contribution in [2.24, 2.45) is 11.8 Å². The van der Waals surface area contributed by atoms with Gasteiger partial charge in [-0.3, -0.25) is 9.59 Å². The Morgan fingerprint density at radius 1 is 1.37 bits per heavy atom. The number of hydrogen-bond acceptors (Lipinski definition) is 5. The zero-order chi connectivity index (χ0) is 19.7. The molecule has 0 bridgehead atoms. The molecule has 0 saturated carbocycles. The van der Waals surface area contributed by atoms with Crippen LogP contribution in [0.15, 0.2) is 12.2 Å². The molecule has 3 aliphatic rings. The van der Waals surface area contributed by atoms with Crippen molar-refractivity contribution in [2.45, 2.75) is 89.4 Å². The van der Waals surface area contributed by atoms with Crippen molar-refractivity contribution in [3.05, 3.63) is 12.2 Å². The number of unbranched alkanes of at least 4 members (excludes halogenated alkanes) is 3. The average molecular weight is 377 g/mol. The van der Waals surface area contributed by atoms with E-state index in [4.69, 9.17) is 9.47 Å². The van der Waals surface area contributed by atoms with E-state index < -0.39 is 35.1 Å². The highest BCUT2D eigenvalue weighted by atomic mass is 16.6. The van der Waals surface area contributed by atoms with Crippen molar-refractivity contribution in [3.8, 4) is 0 Å². The molecule has 6 heteroatoms. The summed E-state index contributed by atoms with van der Waals surface area (Å²) in [4.78, 5) is 37.4. The smallest absolute Gasteiger partial charge is 0.340 e. The van der Waals surface area contributed by atoms with Gasteiger partial charge < -0.3 is 14.8 Å². The third kappa shape index (κ3) is 3.17. The van der Waals surface area contributed by atoms with Crippen LogP contribution in [0.2, 0.25) is 0 Å². The molecule has 2 saturated heterocycles. The highest BCUT2D eigenvalue weighted by molar-refractivity contribution is 6.02. The lowest BCUT2D eigenvalue weighted by molar-refractivity contribution is -0.241. The summed E-state index contributed by atoms with van der Waals surface area (Å²) >= 11 is 0. The summed E-state index contributed by atoms with van der Waals surface area (Å²) in [7, 11) is 0. The van der Waals surface area contributed by atoms with Gasteiger partial charge in [0.2, 0.25) is 11.4 Å². The van der Waals surface area contributed by atoms with Crippen molar-refractivity contribution >= 4 is 17.8 Å². The first-order valence-corrected chi connectivity index (χ1v) is 10.3. The summed E-state index contributed by atoms with van der Waals surface area (Å²) in [6.07, 6.45) is 11.0. The number of carbonyl (C=O) groups is 3. The predicted molar refractivity (Wildman–Crippen MR) is 99.7 cm³/mol. The molecular weight excluding hydrogens is 346 g/mol. The van der Waals surface area contributed by atoms with Crippen molar-refractivity contribution in [2.75, 3.05) is 0 Å². The van der Waals surface area contributed by atoms with Crippen molar-refractivity contribution in [1.29, 1.82) is 0 Å². The highest BCUT2D eigenvalue weighted by Gasteiger charge is 2.80. The number of rotatable bonds is 8. The lowest BCUT2D eigenvalue weighted by Gasteiger charge is -2.55. The first kappa shape index (κ1) is 19.9. The van der Waals surface area contributed by atoms with Gasteiger partial charge in [0.25, 0.3) is 0 Å². The number of nitrogens with one attached hydrogen (secondary N) is 1. The molecule has 1 amide bonds. The lowest BCUT2D eigenvalue weighted by atomic mass is 9.64. The minimum absolute atomic E-state index is 0.103. The van der Waals surface area contributed by atoms with Gasteiger partial charge in [0, 0.05) is 12.8 Å². The molecule has 0 aromatic heterocycles. The van der Waals surface area contributed by atoms with Crippen LogP contribution in [-0.4, -0.2) is 35.1 Å². The lowest BCUT2D eigenvalue weighted by Crippen LogP contribution is -2.80. The van der Waals surface area contributed by atoms with Crippen LogP contribution in [0.5, 0.6) is 0 Å². The van der Waals surface area contributed by atoms with E-state index in [1.807, 2.05) is 13.0 Å². The maximum atomic E-state index is 12.8. The van der Waals surface area contributed by atoms with Crippen molar-refractivity contribution in [3.63, 3.8) is 0 Å². The summed E-state index contributed by atoms with van der Waals surface area (Å²) in [5.41, 5.74) is -2.25. The van der Waals surface area contributed by atoms with Gasteiger partial charge in [0.15, 0.2) is 5.60 Å². The zero-order valence-electron chi connectivity index (χ0n) is 16.6. The third-order valence-electron chi connectivity index (χ3n) is 6.46. The van der Waals surface area contributed by atoms with Gasteiger partial charge in [-0.2, -0.15) is 0 Å². The monoisotopic (exact) mass is 377 g/mol. The van der Waals surface area contributed by atoms with Crippen LogP contribution < -0.4 is 5.32 Å². The molecule has 6 nitrogen and oxygen atoms in total. The van der Waals surface area contributed by atoms with Gasteiger partial charge in [-0.1, -0.05) is 44.8 Å². The Kier molecular flexibility index (Phi) is 5.63. The Balaban J connectivity index is 1.89. The Bertz CT molecular complexity index is 644. The summed E-state index contributed by atoms with van der Waals surface area (Å²) < 4.78 is 11.3. The van der Waals surface area contributed by atoms with E-state index in [9.17, 15) is 14.4 Å². The van der Waals surface area contributed by atoms with Gasteiger partial charge in [-0.25, -0.2) is 4.79 Å². The summed E-state index contributed by atoms with van der Waals surface area (Å²) in [5.74, 6) is -1.61. The molecule has 5 atom stereocenters. The third-order valence-corrected chi connectivity index (χ3v) is 6.46. The molecular formula is C21H31NO5. The molecule has 3 rings (SSSR count). The maximum absolute atomic E-state index is 12.8. The van der Waals surface area contributed by atoms with Gasteiger partial charge >= 0.3 is 11.9 Å². The number of allylic oxidation sites excluding steroid dienone is 1. The van der Waals surface area contributed by atoms with Crippen molar-refractivity contribution < 1.29 is 23.9 Å². The molecule has 2 fully saturated rings. The van der Waals surface area contributed by atoms with E-state index in [0.29, 0.717) is 6.42 Å². The minimum atomic E-state index is -1.28. The fraction of sp³-hybridized carbons (Fsp3) is 0.762. The average Bonchev–Trinajstić information content (AvgIpc) is 2.81. The second-order valence-corrected chi connectivity index (χ2v) is 8.25. The van der Waals surface area contributed by atoms with Gasteiger partial charge in [-0.05, 0) is 32.6 Å². The largest absolute Gasteiger partial charge is 0.459 e. The summed E-state index contributed by atoms with van der Waals surface area (Å²) in [6.45, 7) is 5.31. The van der Waals surface area contributed by atoms with Crippen LogP contribution in [0.4, 0.5) is 0 Å². The zero-order valence-corrected chi connectivity index (χ0v) is 16.6. The standard InChI is InChI=1S/C21H31NO5/c1-4-5-6-10-13-16-18(24)22-21(19(25)27-20(16,21)3)17(26-14(2)23)15-11-8-7-9-12-15/h8,11,15-17H,4-7,9-10,12-13H2,1-3H3,(H,22,24)/t15?,16-,17-,20-,21-/m0/s1. The topological polar surface area (TPSA) is 81.7 Å². The quantitative estimate of drug-likeness (QED) is 0.399. The molecule has 2 heterocycles. The molecule has 2 aliphatic heterocycles. The Hall–Kier alpha value is -1.85. The van der Waals surface area contributed by atoms with Crippen LogP contribution in [0.1, 0.15) is 72.1 Å². The van der Waals surface area contributed by atoms with Crippen LogP contribution in [0.25, 0.3) is 0 Å². The van der Waals surface area contributed by atoms with E-state index in [2.05, 4.69) is 18.3 Å². The molecule has 27 heavy (non-hydrogen) atoms. The van der Waals surface area contributed by atoms with E-state index in [1.165, 1.54) is 6.92 Å². The fourth-order valence-corrected chi connectivity index (χ4v) is 4.98.